The van der Waals surface area contributed by atoms with E-state index in [1.807, 2.05) is 6.92 Å². The third kappa shape index (κ3) is 2.21. The minimum absolute atomic E-state index is 0.0174. The van der Waals surface area contributed by atoms with Gasteiger partial charge in [0.2, 0.25) is 0 Å². The molecule has 1 aromatic heterocycles. The molecule has 1 heterocycles. The maximum Gasteiger partial charge on any atom is 0.152 e. The van der Waals surface area contributed by atoms with Crippen LogP contribution >= 0.6 is 11.6 Å². The smallest absolute Gasteiger partial charge is 0.152 e. The third-order valence-electron chi connectivity index (χ3n) is 3.43. The Morgan fingerprint density at radius 3 is 2.67 bits per heavy atom. The zero-order valence-electron chi connectivity index (χ0n) is 11.0. The van der Waals surface area contributed by atoms with Gasteiger partial charge in [0.05, 0.1) is 5.69 Å². The number of hydrogen-bond donors (Lipinski definition) is 1. The van der Waals surface area contributed by atoms with E-state index in [1.165, 1.54) is 0 Å². The fourth-order valence-corrected chi connectivity index (χ4v) is 2.75. The molecule has 2 nitrogen and oxygen atoms in total. The number of aldehydes is 1. The molecule has 0 atom stereocenters. The van der Waals surface area contributed by atoms with Crippen molar-refractivity contribution >= 4 is 28.8 Å². The summed E-state index contributed by atoms with van der Waals surface area (Å²) in [5.74, 6) is -1.17. The van der Waals surface area contributed by atoms with Crippen LogP contribution in [0.1, 0.15) is 15.9 Å². The minimum Gasteiger partial charge on any atom is -0.354 e. The fourth-order valence-electron chi connectivity index (χ4n) is 2.47. The number of H-pyrrole nitrogens is 1. The van der Waals surface area contributed by atoms with E-state index in [4.69, 9.17) is 11.6 Å². The van der Waals surface area contributed by atoms with Crippen molar-refractivity contribution in [2.75, 3.05) is 0 Å². The molecule has 3 aromatic rings. The molecule has 3 rings (SSSR count). The van der Waals surface area contributed by atoms with Gasteiger partial charge in [-0.1, -0.05) is 11.6 Å². The Kier molecular flexibility index (Phi) is 3.26. The summed E-state index contributed by atoms with van der Waals surface area (Å²) in [6.07, 6.45) is 0.619. The highest BCUT2D eigenvalue weighted by molar-refractivity contribution is 6.31. The first kappa shape index (κ1) is 13.8. The average molecular weight is 306 g/mol. The minimum atomic E-state index is -0.602. The molecule has 0 unspecified atom stereocenters. The third-order valence-corrected chi connectivity index (χ3v) is 3.64. The van der Waals surface area contributed by atoms with Crippen molar-refractivity contribution in [2.24, 2.45) is 0 Å². The van der Waals surface area contributed by atoms with Crippen LogP contribution in [-0.4, -0.2) is 11.3 Å². The lowest BCUT2D eigenvalue weighted by Crippen LogP contribution is -1.90. The van der Waals surface area contributed by atoms with Crippen LogP contribution in [0, 0.1) is 18.6 Å². The standard InChI is InChI=1S/C16H10ClF2NO/c1-8-4-9(17)5-11-13(7-21)16(20-15(8)11)12-6-10(18)2-3-14(12)19/h2-7,20H,1H3. The van der Waals surface area contributed by atoms with E-state index in [-0.39, 0.29) is 16.8 Å². The number of benzene rings is 2. The number of aryl methyl sites for hydroxylation is 1. The quantitative estimate of drug-likeness (QED) is 0.672. The summed E-state index contributed by atoms with van der Waals surface area (Å²) in [6, 6.07) is 6.49. The Morgan fingerprint density at radius 2 is 1.95 bits per heavy atom. The van der Waals surface area contributed by atoms with Crippen LogP contribution in [0.4, 0.5) is 8.78 Å². The molecule has 0 aliphatic heterocycles. The molecule has 0 saturated heterocycles. The summed E-state index contributed by atoms with van der Waals surface area (Å²) in [4.78, 5) is 14.4. The first-order valence-electron chi connectivity index (χ1n) is 6.23. The van der Waals surface area contributed by atoms with Gasteiger partial charge in [-0.25, -0.2) is 8.78 Å². The van der Waals surface area contributed by atoms with E-state index in [2.05, 4.69) is 4.98 Å². The Hall–Kier alpha value is -2.20. The van der Waals surface area contributed by atoms with Gasteiger partial charge in [0.25, 0.3) is 0 Å². The number of aromatic amines is 1. The highest BCUT2D eigenvalue weighted by atomic mass is 35.5. The Bertz CT molecular complexity index is 870. The van der Waals surface area contributed by atoms with Crippen LogP contribution in [0.3, 0.4) is 0 Å². The van der Waals surface area contributed by atoms with Gasteiger partial charge in [0.1, 0.15) is 11.6 Å². The predicted molar refractivity (Wildman–Crippen MR) is 78.8 cm³/mol. The van der Waals surface area contributed by atoms with E-state index in [9.17, 15) is 13.6 Å². The van der Waals surface area contributed by atoms with Gasteiger partial charge in [-0.05, 0) is 42.8 Å². The van der Waals surface area contributed by atoms with E-state index >= 15 is 0 Å². The van der Waals surface area contributed by atoms with E-state index in [0.29, 0.717) is 22.2 Å². The summed E-state index contributed by atoms with van der Waals surface area (Å²) in [5.41, 5.74) is 2.04. The number of carbonyl (C=O) groups excluding carboxylic acids is 1. The van der Waals surface area contributed by atoms with E-state index in [0.717, 1.165) is 23.8 Å². The zero-order chi connectivity index (χ0) is 15.1. The van der Waals surface area contributed by atoms with Gasteiger partial charge < -0.3 is 4.98 Å². The number of hydrogen-bond acceptors (Lipinski definition) is 1. The second-order valence-electron chi connectivity index (χ2n) is 4.80. The molecule has 0 amide bonds. The van der Waals surface area contributed by atoms with Crippen molar-refractivity contribution in [2.45, 2.75) is 6.92 Å². The topological polar surface area (TPSA) is 32.9 Å². The van der Waals surface area contributed by atoms with Gasteiger partial charge in [-0.15, -0.1) is 0 Å². The summed E-state index contributed by atoms with van der Waals surface area (Å²) < 4.78 is 27.3. The van der Waals surface area contributed by atoms with Crippen molar-refractivity contribution in [3.05, 3.63) is 58.1 Å². The Balaban J connectivity index is 2.40. The molecule has 2 aromatic carbocycles. The molecule has 21 heavy (non-hydrogen) atoms. The second-order valence-corrected chi connectivity index (χ2v) is 5.24. The normalized spacial score (nSPS) is 11.0. The summed E-state index contributed by atoms with van der Waals surface area (Å²) in [7, 11) is 0. The molecule has 0 radical (unpaired) electrons. The molecule has 0 aliphatic rings. The summed E-state index contributed by atoms with van der Waals surface area (Å²) >= 11 is 6.00. The SMILES string of the molecule is Cc1cc(Cl)cc2c(C=O)c(-c3cc(F)ccc3F)[nH]c12. The molecule has 0 saturated carbocycles. The van der Waals surface area contributed by atoms with Crippen LogP contribution in [0.15, 0.2) is 30.3 Å². The molecule has 0 spiro atoms. The summed E-state index contributed by atoms with van der Waals surface area (Å²) in [6.45, 7) is 1.82. The number of aromatic nitrogens is 1. The lowest BCUT2D eigenvalue weighted by Gasteiger charge is -2.02. The van der Waals surface area contributed by atoms with Crippen LogP contribution in [0.2, 0.25) is 5.02 Å². The van der Waals surface area contributed by atoms with Crippen molar-refractivity contribution in [1.82, 2.24) is 4.98 Å². The maximum atomic E-state index is 14.0. The van der Waals surface area contributed by atoms with Gasteiger partial charge >= 0.3 is 0 Å². The average Bonchev–Trinajstić information content (AvgIpc) is 2.80. The Morgan fingerprint density at radius 1 is 1.19 bits per heavy atom. The van der Waals surface area contributed by atoms with Crippen molar-refractivity contribution < 1.29 is 13.6 Å². The van der Waals surface area contributed by atoms with Crippen LogP contribution in [-0.2, 0) is 0 Å². The number of carbonyl (C=O) groups is 1. The Labute approximate surface area is 124 Å². The molecule has 106 valence electrons. The molecular weight excluding hydrogens is 296 g/mol. The predicted octanol–water partition coefficient (Wildman–Crippen LogP) is 4.89. The lowest BCUT2D eigenvalue weighted by molar-refractivity contribution is 0.112. The summed E-state index contributed by atoms with van der Waals surface area (Å²) in [5, 5.41) is 1.07. The van der Waals surface area contributed by atoms with Gasteiger partial charge in [-0.3, -0.25) is 4.79 Å². The van der Waals surface area contributed by atoms with Crippen LogP contribution < -0.4 is 0 Å². The number of halogens is 3. The molecule has 0 fully saturated rings. The molecule has 1 N–H and O–H groups in total. The highest BCUT2D eigenvalue weighted by Crippen LogP contribution is 2.34. The van der Waals surface area contributed by atoms with Gasteiger partial charge in [0.15, 0.2) is 6.29 Å². The van der Waals surface area contributed by atoms with Crippen LogP contribution in [0.25, 0.3) is 22.2 Å². The monoisotopic (exact) mass is 305 g/mol. The van der Waals surface area contributed by atoms with Crippen molar-refractivity contribution in [3.8, 4) is 11.3 Å². The number of nitrogens with one attached hydrogen (secondary N) is 1. The zero-order valence-corrected chi connectivity index (χ0v) is 11.8. The number of fused-ring (bicyclic) bond motifs is 1. The maximum absolute atomic E-state index is 14.0. The molecular formula is C16H10ClF2NO. The lowest BCUT2D eigenvalue weighted by atomic mass is 10.0. The van der Waals surface area contributed by atoms with Gasteiger partial charge in [0, 0.05) is 27.1 Å². The van der Waals surface area contributed by atoms with Crippen molar-refractivity contribution in [3.63, 3.8) is 0 Å². The molecule has 0 aliphatic carbocycles. The highest BCUT2D eigenvalue weighted by Gasteiger charge is 2.17. The van der Waals surface area contributed by atoms with Crippen molar-refractivity contribution in [1.29, 1.82) is 0 Å². The second kappa shape index (κ2) is 4.97. The first-order valence-corrected chi connectivity index (χ1v) is 6.61. The molecule has 0 bridgehead atoms. The van der Waals surface area contributed by atoms with Gasteiger partial charge in [-0.2, -0.15) is 0 Å². The number of rotatable bonds is 2. The van der Waals surface area contributed by atoms with E-state index in [1.54, 1.807) is 12.1 Å². The molecule has 5 heteroatoms. The van der Waals surface area contributed by atoms with Crippen LogP contribution in [0.5, 0.6) is 0 Å². The largest absolute Gasteiger partial charge is 0.354 e. The van der Waals surface area contributed by atoms with E-state index < -0.39 is 11.6 Å². The first-order chi connectivity index (χ1) is 10.0. The fraction of sp³-hybridized carbons (Fsp3) is 0.0625.